The monoisotopic (exact) mass is 366 g/mol. The lowest BCUT2D eigenvalue weighted by molar-refractivity contribution is -0.138. The van der Waals surface area contributed by atoms with E-state index in [0.717, 1.165) is 12.8 Å². The Hall–Kier alpha value is -1.00. The van der Waals surface area contributed by atoms with Gasteiger partial charge >= 0.3 is 5.97 Å². The van der Waals surface area contributed by atoms with Gasteiger partial charge < -0.3 is 5.11 Å². The molecule has 1 aromatic rings. The van der Waals surface area contributed by atoms with Crippen molar-refractivity contribution in [3.8, 4) is 0 Å². The van der Waals surface area contributed by atoms with Crippen LogP contribution in [0.3, 0.4) is 0 Å². The number of aliphatic carboxylic acids is 1. The number of hydrogen-bond acceptors (Lipinski definition) is 5. The first kappa shape index (κ1) is 15.4. The van der Waals surface area contributed by atoms with Crippen LogP contribution in [0.2, 0.25) is 0 Å². The average molecular weight is 367 g/mol. The van der Waals surface area contributed by atoms with Gasteiger partial charge in [-0.3, -0.25) is 4.79 Å². The van der Waals surface area contributed by atoms with Crippen molar-refractivity contribution >= 4 is 31.9 Å². The lowest BCUT2D eigenvalue weighted by Gasteiger charge is -2.33. The van der Waals surface area contributed by atoms with E-state index in [4.69, 9.17) is 5.11 Å². The smallest absolute Gasteiger partial charge is 0.304 e. The molecule has 112 valence electrons. The predicted molar refractivity (Wildman–Crippen MR) is 72.5 cm³/mol. The second-order valence-corrected chi connectivity index (χ2v) is 7.23. The standard InChI is InChI=1S/C10H15BrN4O4S/c1-14-10(9(11)12-13-14)20(18,19)15-5-3-2-4-7(15)6-8(16)17/h7H,2-6H2,1H3,(H,16,17). The largest absolute Gasteiger partial charge is 0.481 e. The number of hydrogen-bond donors (Lipinski definition) is 1. The van der Waals surface area contributed by atoms with E-state index < -0.39 is 22.0 Å². The molecule has 0 bridgehead atoms. The zero-order chi connectivity index (χ0) is 14.9. The third kappa shape index (κ3) is 2.86. The van der Waals surface area contributed by atoms with Crippen molar-refractivity contribution in [3.63, 3.8) is 0 Å². The highest BCUT2D eigenvalue weighted by molar-refractivity contribution is 9.10. The predicted octanol–water partition coefficient (Wildman–Crippen LogP) is 0.595. The molecule has 1 atom stereocenters. The Morgan fingerprint density at radius 1 is 1.50 bits per heavy atom. The van der Waals surface area contributed by atoms with Gasteiger partial charge in [-0.05, 0) is 28.8 Å². The summed E-state index contributed by atoms with van der Waals surface area (Å²) in [4.78, 5) is 10.9. The minimum absolute atomic E-state index is 0.0465. The third-order valence-electron chi connectivity index (χ3n) is 3.27. The lowest BCUT2D eigenvalue weighted by Crippen LogP contribution is -2.45. The van der Waals surface area contributed by atoms with Crippen LogP contribution in [0.25, 0.3) is 0 Å². The van der Waals surface area contributed by atoms with Crippen molar-refractivity contribution in [1.82, 2.24) is 19.3 Å². The maximum atomic E-state index is 12.7. The Balaban J connectivity index is 2.38. The first-order valence-electron chi connectivity index (χ1n) is 6.13. The van der Waals surface area contributed by atoms with E-state index in [9.17, 15) is 13.2 Å². The molecule has 8 nitrogen and oxygen atoms in total. The molecule has 2 rings (SSSR count). The number of carboxylic acids is 1. The Morgan fingerprint density at radius 2 is 2.20 bits per heavy atom. The van der Waals surface area contributed by atoms with Gasteiger partial charge in [0.2, 0.25) is 5.03 Å². The van der Waals surface area contributed by atoms with E-state index in [1.54, 1.807) is 0 Å². The summed E-state index contributed by atoms with van der Waals surface area (Å²) in [7, 11) is -2.33. The van der Waals surface area contributed by atoms with Gasteiger partial charge in [0.15, 0.2) is 4.60 Å². The number of aryl methyl sites for hydroxylation is 1. The quantitative estimate of drug-likeness (QED) is 0.835. The van der Waals surface area contributed by atoms with Crippen molar-refractivity contribution in [2.45, 2.75) is 36.8 Å². The van der Waals surface area contributed by atoms with Gasteiger partial charge in [-0.15, -0.1) is 5.10 Å². The number of carbonyl (C=O) groups is 1. The van der Waals surface area contributed by atoms with Crippen LogP contribution in [-0.4, -0.2) is 51.4 Å². The summed E-state index contributed by atoms with van der Waals surface area (Å²) in [6.45, 7) is 0.317. The van der Waals surface area contributed by atoms with Crippen molar-refractivity contribution in [1.29, 1.82) is 0 Å². The minimum Gasteiger partial charge on any atom is -0.481 e. The summed E-state index contributed by atoms with van der Waals surface area (Å²) < 4.78 is 27.9. The molecule has 10 heteroatoms. The molecule has 1 unspecified atom stereocenters. The number of aromatic nitrogens is 3. The van der Waals surface area contributed by atoms with Crippen LogP contribution < -0.4 is 0 Å². The van der Waals surface area contributed by atoms with Crippen LogP contribution in [-0.2, 0) is 21.9 Å². The van der Waals surface area contributed by atoms with Crippen LogP contribution in [0.5, 0.6) is 0 Å². The molecule has 0 aromatic carbocycles. The van der Waals surface area contributed by atoms with Crippen molar-refractivity contribution in [3.05, 3.63) is 4.60 Å². The number of nitrogens with zero attached hydrogens (tertiary/aromatic N) is 4. The molecule has 1 aromatic heterocycles. The van der Waals surface area contributed by atoms with Crippen molar-refractivity contribution in [2.24, 2.45) is 7.05 Å². The number of carboxylic acid groups (broad SMARTS) is 1. The topological polar surface area (TPSA) is 105 Å². The van der Waals surface area contributed by atoms with E-state index in [-0.39, 0.29) is 16.0 Å². The van der Waals surface area contributed by atoms with Crippen LogP contribution in [0.4, 0.5) is 0 Å². The molecule has 20 heavy (non-hydrogen) atoms. The molecular weight excluding hydrogens is 352 g/mol. The van der Waals surface area contributed by atoms with Crippen LogP contribution in [0, 0.1) is 0 Å². The fourth-order valence-electron chi connectivity index (χ4n) is 2.40. The molecule has 0 amide bonds. The average Bonchev–Trinajstić information content (AvgIpc) is 2.69. The second-order valence-electron chi connectivity index (χ2n) is 4.67. The Bertz CT molecular complexity index is 595. The maximum Gasteiger partial charge on any atom is 0.304 e. The molecule has 1 aliphatic rings. The molecule has 0 spiro atoms. The molecule has 1 fully saturated rings. The number of piperidine rings is 1. The molecule has 0 radical (unpaired) electrons. The van der Waals surface area contributed by atoms with Gasteiger partial charge in [0.25, 0.3) is 10.0 Å². The Kier molecular flexibility index (Phi) is 4.45. The highest BCUT2D eigenvalue weighted by Gasteiger charge is 2.38. The second kappa shape index (κ2) is 5.78. The molecule has 0 aliphatic carbocycles. The SMILES string of the molecule is Cn1nnc(Br)c1S(=O)(=O)N1CCCCC1CC(=O)O. The molecular formula is C10H15BrN4O4S. The van der Waals surface area contributed by atoms with Crippen LogP contribution >= 0.6 is 15.9 Å². The fourth-order valence-corrected chi connectivity index (χ4v) is 5.13. The van der Waals surface area contributed by atoms with Crippen molar-refractivity contribution < 1.29 is 18.3 Å². The summed E-state index contributed by atoms with van der Waals surface area (Å²) in [5, 5.41) is 16.2. The summed E-state index contributed by atoms with van der Waals surface area (Å²) >= 11 is 3.07. The first-order valence-corrected chi connectivity index (χ1v) is 8.36. The molecule has 1 N–H and O–H groups in total. The van der Waals surface area contributed by atoms with Gasteiger partial charge in [-0.2, -0.15) is 4.31 Å². The van der Waals surface area contributed by atoms with Gasteiger partial charge in [0.1, 0.15) is 0 Å². The highest BCUT2D eigenvalue weighted by atomic mass is 79.9. The van der Waals surface area contributed by atoms with E-state index >= 15 is 0 Å². The lowest BCUT2D eigenvalue weighted by atomic mass is 10.0. The van der Waals surface area contributed by atoms with Crippen LogP contribution in [0.15, 0.2) is 9.63 Å². The van der Waals surface area contributed by atoms with Gasteiger partial charge in [-0.1, -0.05) is 11.6 Å². The fraction of sp³-hybridized carbons (Fsp3) is 0.700. The summed E-state index contributed by atoms with van der Waals surface area (Å²) in [5.74, 6) is -1.00. The Labute approximate surface area is 124 Å². The number of halogens is 1. The highest BCUT2D eigenvalue weighted by Crippen LogP contribution is 2.29. The van der Waals surface area contributed by atoms with Gasteiger partial charge in [0.05, 0.1) is 6.42 Å². The van der Waals surface area contributed by atoms with Gasteiger partial charge in [-0.25, -0.2) is 13.1 Å². The Morgan fingerprint density at radius 3 is 2.75 bits per heavy atom. The molecule has 2 heterocycles. The van der Waals surface area contributed by atoms with Crippen molar-refractivity contribution in [2.75, 3.05) is 6.54 Å². The molecule has 1 saturated heterocycles. The summed E-state index contributed by atoms with van der Waals surface area (Å²) in [6, 6.07) is -0.520. The normalized spacial score (nSPS) is 21.0. The summed E-state index contributed by atoms with van der Waals surface area (Å²) in [6.07, 6.45) is 1.91. The van der Waals surface area contributed by atoms with E-state index in [1.165, 1.54) is 16.0 Å². The van der Waals surface area contributed by atoms with Gasteiger partial charge in [0, 0.05) is 19.6 Å². The number of sulfonamides is 1. The maximum absolute atomic E-state index is 12.7. The van der Waals surface area contributed by atoms with E-state index in [1.807, 2.05) is 0 Å². The van der Waals surface area contributed by atoms with Crippen LogP contribution in [0.1, 0.15) is 25.7 Å². The first-order chi connectivity index (χ1) is 9.34. The minimum atomic E-state index is -3.81. The van der Waals surface area contributed by atoms with E-state index in [0.29, 0.717) is 13.0 Å². The zero-order valence-corrected chi connectivity index (χ0v) is 13.3. The molecule has 0 saturated carbocycles. The number of rotatable bonds is 4. The molecule has 1 aliphatic heterocycles. The zero-order valence-electron chi connectivity index (χ0n) is 10.9. The third-order valence-corrected chi connectivity index (χ3v) is 6.11. The summed E-state index contributed by atoms with van der Waals surface area (Å²) in [5.41, 5.74) is 0. The van der Waals surface area contributed by atoms with E-state index in [2.05, 4.69) is 26.2 Å².